The number of hydrogen-bond acceptors (Lipinski definition) is 6. The molecule has 1 aromatic heterocycles. The third-order valence-corrected chi connectivity index (χ3v) is 6.07. The highest BCUT2D eigenvalue weighted by molar-refractivity contribution is 7.98. The van der Waals surface area contributed by atoms with Gasteiger partial charge in [0.15, 0.2) is 5.76 Å². The summed E-state index contributed by atoms with van der Waals surface area (Å²) in [5.74, 6) is 1.59. The lowest BCUT2D eigenvalue weighted by atomic mass is 10.1. The Hall–Kier alpha value is -2.97. The van der Waals surface area contributed by atoms with E-state index in [-0.39, 0.29) is 5.91 Å². The Labute approximate surface area is 195 Å². The van der Waals surface area contributed by atoms with Crippen LogP contribution in [-0.4, -0.2) is 22.9 Å². The lowest BCUT2D eigenvalue weighted by Crippen LogP contribution is -2.17. The van der Waals surface area contributed by atoms with Crippen LogP contribution in [0.15, 0.2) is 53.1 Å². The van der Waals surface area contributed by atoms with Crippen LogP contribution in [-0.2, 0) is 15.3 Å². The fraction of sp³-hybridized carbons (Fsp3) is 0.261. The van der Waals surface area contributed by atoms with Crippen LogP contribution in [0.5, 0.6) is 0 Å². The van der Waals surface area contributed by atoms with Crippen molar-refractivity contribution in [3.05, 3.63) is 70.4 Å². The molecular weight excluding hydrogens is 450 g/mol. The number of carbonyl (C=O) groups excluding carboxylic acids is 2. The minimum absolute atomic E-state index is 0.298. The van der Waals surface area contributed by atoms with Crippen molar-refractivity contribution in [3.8, 4) is 11.3 Å². The van der Waals surface area contributed by atoms with Crippen molar-refractivity contribution in [3.63, 3.8) is 0 Å². The Kier molecular flexibility index (Phi) is 8.19. The maximum atomic E-state index is 12.5. The summed E-state index contributed by atoms with van der Waals surface area (Å²) < 4.78 is 10.9. The fourth-order valence-corrected chi connectivity index (χ4v) is 4.20. The summed E-state index contributed by atoms with van der Waals surface area (Å²) in [6.07, 6.45) is -0.800. The highest BCUT2D eigenvalue weighted by Gasteiger charge is 2.20. The van der Waals surface area contributed by atoms with E-state index in [4.69, 9.17) is 26.6 Å². The number of primary amides is 1. The second-order valence-corrected chi connectivity index (χ2v) is 8.64. The highest BCUT2D eigenvalue weighted by Crippen LogP contribution is 2.32. The number of amides is 2. The van der Waals surface area contributed by atoms with Crippen LogP contribution in [0.1, 0.15) is 36.3 Å². The molecule has 0 radical (unpaired) electrons. The van der Waals surface area contributed by atoms with Crippen molar-refractivity contribution in [2.75, 3.05) is 11.1 Å². The van der Waals surface area contributed by atoms with Gasteiger partial charge in [-0.2, -0.15) is 11.8 Å². The lowest BCUT2D eigenvalue weighted by Gasteiger charge is -2.15. The summed E-state index contributed by atoms with van der Waals surface area (Å²) in [6, 6.07) is 14.9. The average molecular weight is 474 g/mol. The number of anilines is 1. The Morgan fingerprint density at radius 1 is 1.22 bits per heavy atom. The van der Waals surface area contributed by atoms with E-state index in [1.165, 1.54) is 0 Å². The number of thioether (sulfide) groups is 1. The number of aromatic nitrogens is 1. The van der Waals surface area contributed by atoms with Gasteiger partial charge in [0.1, 0.15) is 17.5 Å². The summed E-state index contributed by atoms with van der Waals surface area (Å²) in [5, 5.41) is 7.25. The number of aryl methyl sites for hydroxylation is 1. The van der Waals surface area contributed by atoms with Gasteiger partial charge in [0.05, 0.1) is 0 Å². The zero-order chi connectivity index (χ0) is 23.1. The normalized spacial score (nSPS) is 11.7. The third kappa shape index (κ3) is 6.27. The first-order valence-corrected chi connectivity index (χ1v) is 11.5. The van der Waals surface area contributed by atoms with E-state index < -0.39 is 12.2 Å². The zero-order valence-corrected chi connectivity index (χ0v) is 19.3. The van der Waals surface area contributed by atoms with E-state index in [1.807, 2.05) is 42.5 Å². The predicted octanol–water partition coefficient (Wildman–Crippen LogP) is 5.72. The molecule has 2 amide bonds. The summed E-state index contributed by atoms with van der Waals surface area (Å²) in [7, 11) is 0. The van der Waals surface area contributed by atoms with Gasteiger partial charge in [-0.3, -0.25) is 10.1 Å². The Morgan fingerprint density at radius 3 is 2.62 bits per heavy atom. The van der Waals surface area contributed by atoms with Crippen molar-refractivity contribution in [1.29, 1.82) is 0 Å². The fourth-order valence-electron chi connectivity index (χ4n) is 2.99. The number of halogens is 1. The van der Waals surface area contributed by atoms with Crippen molar-refractivity contribution in [2.24, 2.45) is 5.73 Å². The maximum Gasteiger partial charge on any atom is 0.412 e. The SMILES string of the molecule is Cc1noc(-c2ccc(CSCCC(N)=O)cc2)c1NC(=O)O[C@H](C)c1ccccc1Cl. The molecule has 3 aromatic rings. The number of ether oxygens (including phenoxy) is 1. The van der Waals surface area contributed by atoms with Gasteiger partial charge in [-0.15, -0.1) is 0 Å². The molecule has 7 nitrogen and oxygen atoms in total. The maximum absolute atomic E-state index is 12.5. The first-order chi connectivity index (χ1) is 15.3. The number of nitrogens with zero attached hydrogens (tertiary/aromatic N) is 1. The van der Waals surface area contributed by atoms with Crippen LogP contribution in [0.3, 0.4) is 0 Å². The zero-order valence-electron chi connectivity index (χ0n) is 17.8. The predicted molar refractivity (Wildman–Crippen MR) is 127 cm³/mol. The lowest BCUT2D eigenvalue weighted by molar-refractivity contribution is -0.117. The molecule has 1 atom stereocenters. The average Bonchev–Trinajstić information content (AvgIpc) is 3.11. The van der Waals surface area contributed by atoms with Crippen LogP contribution in [0.2, 0.25) is 5.02 Å². The van der Waals surface area contributed by atoms with E-state index in [9.17, 15) is 9.59 Å². The van der Waals surface area contributed by atoms with E-state index >= 15 is 0 Å². The highest BCUT2D eigenvalue weighted by atomic mass is 35.5. The topological polar surface area (TPSA) is 107 Å². The molecule has 9 heteroatoms. The summed E-state index contributed by atoms with van der Waals surface area (Å²) in [5.41, 5.74) is 8.73. The number of nitrogens with one attached hydrogen (secondary N) is 1. The standard InChI is InChI=1S/C23H24ClN3O4S/c1-14-21(26-23(29)30-15(2)18-5-3-4-6-19(18)24)22(31-27-14)17-9-7-16(8-10-17)13-32-12-11-20(25)28/h3-10,15H,11-13H2,1-2H3,(H2,25,28)(H,26,29)/t15-/m1/s1. The molecular formula is C23H24ClN3O4S. The van der Waals surface area contributed by atoms with Gasteiger partial charge in [-0.1, -0.05) is 59.2 Å². The minimum Gasteiger partial charge on any atom is -0.441 e. The first-order valence-electron chi connectivity index (χ1n) is 9.99. The van der Waals surface area contributed by atoms with Crippen molar-refractivity contribution in [2.45, 2.75) is 32.1 Å². The van der Waals surface area contributed by atoms with E-state index in [2.05, 4.69) is 10.5 Å². The molecule has 2 aromatic carbocycles. The monoisotopic (exact) mass is 473 g/mol. The molecule has 32 heavy (non-hydrogen) atoms. The molecule has 0 bridgehead atoms. The Bertz CT molecular complexity index is 1090. The number of carbonyl (C=O) groups is 2. The van der Waals surface area contributed by atoms with Gasteiger partial charge in [0.25, 0.3) is 0 Å². The van der Waals surface area contributed by atoms with Crippen molar-refractivity contribution < 1.29 is 18.8 Å². The second kappa shape index (κ2) is 11.1. The van der Waals surface area contributed by atoms with Gasteiger partial charge >= 0.3 is 6.09 Å². The second-order valence-electron chi connectivity index (χ2n) is 7.13. The van der Waals surface area contributed by atoms with Crippen LogP contribution < -0.4 is 11.1 Å². The molecule has 0 fully saturated rings. The van der Waals surface area contributed by atoms with Gasteiger partial charge in [-0.25, -0.2) is 4.79 Å². The van der Waals surface area contributed by atoms with Crippen LogP contribution >= 0.6 is 23.4 Å². The molecule has 1 heterocycles. The summed E-state index contributed by atoms with van der Waals surface area (Å²) in [4.78, 5) is 23.3. The minimum atomic E-state index is -0.632. The van der Waals surface area contributed by atoms with Gasteiger partial charge in [0.2, 0.25) is 5.91 Å². The van der Waals surface area contributed by atoms with E-state index in [1.54, 1.807) is 31.7 Å². The number of rotatable bonds is 9. The summed E-state index contributed by atoms with van der Waals surface area (Å²) >= 11 is 7.82. The van der Waals surface area contributed by atoms with Crippen LogP contribution in [0.4, 0.5) is 10.5 Å². The number of hydrogen-bond donors (Lipinski definition) is 2. The van der Waals surface area contributed by atoms with Gasteiger partial charge in [0, 0.05) is 34.1 Å². The molecule has 168 valence electrons. The first kappa shape index (κ1) is 23.7. The molecule has 3 rings (SSSR count). The molecule has 3 N–H and O–H groups in total. The third-order valence-electron chi connectivity index (χ3n) is 4.69. The van der Waals surface area contributed by atoms with Gasteiger partial charge in [-0.05, 0) is 25.5 Å². The molecule has 0 aliphatic carbocycles. The molecule has 0 saturated heterocycles. The van der Waals surface area contributed by atoms with Crippen molar-refractivity contribution >= 4 is 41.1 Å². The molecule has 0 spiro atoms. The quantitative estimate of drug-likeness (QED) is 0.385. The molecule has 0 saturated carbocycles. The molecule has 0 aliphatic heterocycles. The van der Waals surface area contributed by atoms with Gasteiger partial charge < -0.3 is 15.0 Å². The smallest absolute Gasteiger partial charge is 0.412 e. The number of benzene rings is 2. The van der Waals surface area contributed by atoms with E-state index in [0.717, 1.165) is 22.4 Å². The largest absolute Gasteiger partial charge is 0.441 e. The Morgan fingerprint density at radius 2 is 1.94 bits per heavy atom. The Balaban J connectivity index is 1.65. The molecule has 0 unspecified atom stereocenters. The van der Waals surface area contributed by atoms with Crippen LogP contribution in [0, 0.1) is 6.92 Å². The number of nitrogens with two attached hydrogens (primary N) is 1. The van der Waals surface area contributed by atoms with Crippen molar-refractivity contribution in [1.82, 2.24) is 5.16 Å². The summed E-state index contributed by atoms with van der Waals surface area (Å²) in [6.45, 7) is 3.49. The van der Waals surface area contributed by atoms with E-state index in [0.29, 0.717) is 34.3 Å². The van der Waals surface area contributed by atoms with Crippen LogP contribution in [0.25, 0.3) is 11.3 Å². The molecule has 0 aliphatic rings.